The van der Waals surface area contributed by atoms with E-state index in [2.05, 4.69) is 15.5 Å². The number of rotatable bonds is 9. The van der Waals surface area contributed by atoms with Gasteiger partial charge in [-0.3, -0.25) is 0 Å². The molecule has 17 heavy (non-hydrogen) atoms. The molecule has 1 heterocycles. The third-order valence-corrected chi connectivity index (χ3v) is 2.52. The van der Waals surface area contributed by atoms with Gasteiger partial charge in [-0.1, -0.05) is 0 Å². The topological polar surface area (TPSA) is 69.4 Å². The Bertz CT molecular complexity index is 326. The Morgan fingerprint density at radius 3 is 2.88 bits per heavy atom. The number of nitrogens with one attached hydrogen (secondary N) is 1. The summed E-state index contributed by atoms with van der Waals surface area (Å²) in [7, 11) is 1.64. The Balaban J connectivity index is 1.60. The maximum Gasteiger partial charge on any atom is 0.242 e. The molecule has 0 amide bonds. The molecule has 0 aromatic carbocycles. The Morgan fingerprint density at radius 1 is 1.29 bits per heavy atom. The van der Waals surface area contributed by atoms with E-state index in [1.807, 2.05) is 0 Å². The van der Waals surface area contributed by atoms with Crippen molar-refractivity contribution in [1.82, 2.24) is 15.5 Å². The van der Waals surface area contributed by atoms with Gasteiger partial charge in [-0.2, -0.15) is 0 Å². The molecule has 0 radical (unpaired) electrons. The van der Waals surface area contributed by atoms with Crippen molar-refractivity contribution in [3.63, 3.8) is 0 Å². The molecular weight excluding hydrogens is 222 g/mol. The van der Waals surface area contributed by atoms with Gasteiger partial charge in [-0.15, -0.1) is 10.2 Å². The van der Waals surface area contributed by atoms with E-state index < -0.39 is 0 Å². The molecule has 0 aliphatic heterocycles. The highest BCUT2D eigenvalue weighted by molar-refractivity contribution is 4.85. The molecule has 0 bridgehead atoms. The smallest absolute Gasteiger partial charge is 0.242 e. The Morgan fingerprint density at radius 2 is 2.12 bits per heavy atom. The van der Waals surface area contributed by atoms with Gasteiger partial charge in [-0.05, 0) is 12.8 Å². The molecule has 1 saturated carbocycles. The summed E-state index contributed by atoms with van der Waals surface area (Å²) in [6, 6.07) is 0.717. The first-order valence-electron chi connectivity index (χ1n) is 6.00. The molecule has 1 fully saturated rings. The van der Waals surface area contributed by atoms with Gasteiger partial charge in [0.15, 0.2) is 0 Å². The van der Waals surface area contributed by atoms with E-state index in [9.17, 15) is 0 Å². The summed E-state index contributed by atoms with van der Waals surface area (Å²) in [4.78, 5) is 0. The predicted octanol–water partition coefficient (Wildman–Crippen LogP) is 0.527. The van der Waals surface area contributed by atoms with Crippen LogP contribution in [-0.2, 0) is 22.5 Å². The van der Waals surface area contributed by atoms with Crippen LogP contribution in [0.4, 0.5) is 0 Å². The molecule has 0 spiro atoms. The Hall–Kier alpha value is -0.980. The average Bonchev–Trinajstić information content (AvgIpc) is 3.04. The first-order chi connectivity index (χ1) is 8.38. The molecule has 1 aromatic rings. The molecule has 1 aromatic heterocycles. The fourth-order valence-electron chi connectivity index (χ4n) is 1.42. The van der Waals surface area contributed by atoms with Gasteiger partial charge in [0.2, 0.25) is 11.8 Å². The quantitative estimate of drug-likeness (QED) is 0.636. The van der Waals surface area contributed by atoms with Gasteiger partial charge in [0.05, 0.1) is 13.2 Å². The minimum absolute atomic E-state index is 0.354. The van der Waals surface area contributed by atoms with Crippen molar-refractivity contribution in [2.75, 3.05) is 26.9 Å². The summed E-state index contributed by atoms with van der Waals surface area (Å²) in [6.45, 7) is 2.37. The maximum absolute atomic E-state index is 5.44. The van der Waals surface area contributed by atoms with Crippen LogP contribution in [0.3, 0.4) is 0 Å². The third-order valence-electron chi connectivity index (χ3n) is 2.52. The first kappa shape index (κ1) is 12.5. The van der Waals surface area contributed by atoms with Crippen LogP contribution in [0.15, 0.2) is 4.42 Å². The maximum atomic E-state index is 5.44. The van der Waals surface area contributed by atoms with E-state index in [0.29, 0.717) is 31.6 Å². The zero-order valence-electron chi connectivity index (χ0n) is 10.1. The highest BCUT2D eigenvalue weighted by Gasteiger charge is 2.20. The van der Waals surface area contributed by atoms with Crippen LogP contribution in [0.5, 0.6) is 0 Å². The monoisotopic (exact) mass is 241 g/mol. The number of hydrogen-bond acceptors (Lipinski definition) is 6. The molecule has 0 atom stereocenters. The first-order valence-corrected chi connectivity index (χ1v) is 6.00. The average molecular weight is 241 g/mol. The van der Waals surface area contributed by atoms with E-state index in [1.54, 1.807) is 7.11 Å². The molecular formula is C11H19N3O3. The molecule has 0 unspecified atom stereocenters. The SMILES string of the molecule is COCCOCc1nnc(CCNC2CC2)o1. The third kappa shape index (κ3) is 4.80. The highest BCUT2D eigenvalue weighted by Crippen LogP contribution is 2.18. The molecule has 96 valence electrons. The summed E-state index contributed by atoms with van der Waals surface area (Å²) in [6.07, 6.45) is 3.37. The standard InChI is InChI=1S/C11H19N3O3/c1-15-6-7-16-8-11-14-13-10(17-11)4-5-12-9-2-3-9/h9,12H,2-8H2,1H3. The number of nitrogens with zero attached hydrogens (tertiary/aromatic N) is 2. The van der Waals surface area contributed by atoms with Crippen LogP contribution in [0.2, 0.25) is 0 Å². The van der Waals surface area contributed by atoms with Crippen molar-refractivity contribution in [1.29, 1.82) is 0 Å². The van der Waals surface area contributed by atoms with Gasteiger partial charge in [0.1, 0.15) is 6.61 Å². The van der Waals surface area contributed by atoms with Crippen molar-refractivity contribution in [2.45, 2.75) is 31.9 Å². The second-order valence-electron chi connectivity index (χ2n) is 4.11. The van der Waals surface area contributed by atoms with E-state index in [1.165, 1.54) is 12.8 Å². The second kappa shape index (κ2) is 6.68. The molecule has 6 heteroatoms. The number of methoxy groups -OCH3 is 1. The normalized spacial score (nSPS) is 15.4. The lowest BCUT2D eigenvalue weighted by Crippen LogP contribution is -2.19. The molecule has 1 aliphatic rings. The van der Waals surface area contributed by atoms with E-state index >= 15 is 0 Å². The minimum atomic E-state index is 0.354. The van der Waals surface area contributed by atoms with Crippen LogP contribution in [-0.4, -0.2) is 43.1 Å². The van der Waals surface area contributed by atoms with Crippen LogP contribution >= 0.6 is 0 Å². The van der Waals surface area contributed by atoms with Gasteiger partial charge in [0.25, 0.3) is 0 Å². The van der Waals surface area contributed by atoms with Crippen molar-refractivity contribution < 1.29 is 13.9 Å². The second-order valence-corrected chi connectivity index (χ2v) is 4.11. The number of hydrogen-bond donors (Lipinski definition) is 1. The molecule has 2 rings (SSSR count). The zero-order chi connectivity index (χ0) is 11.9. The van der Waals surface area contributed by atoms with Gasteiger partial charge in [0, 0.05) is 26.1 Å². The van der Waals surface area contributed by atoms with Crippen molar-refractivity contribution >= 4 is 0 Å². The van der Waals surface area contributed by atoms with Crippen molar-refractivity contribution in [3.8, 4) is 0 Å². The Kier molecular flexibility index (Phi) is 4.90. The highest BCUT2D eigenvalue weighted by atomic mass is 16.5. The molecule has 1 aliphatic carbocycles. The summed E-state index contributed by atoms with van der Waals surface area (Å²) in [5.74, 6) is 1.20. The largest absolute Gasteiger partial charge is 0.423 e. The Labute approximate surface area is 101 Å². The van der Waals surface area contributed by atoms with Crippen molar-refractivity contribution in [2.24, 2.45) is 0 Å². The molecule has 0 saturated heterocycles. The zero-order valence-corrected chi connectivity index (χ0v) is 10.1. The summed E-state index contributed by atoms with van der Waals surface area (Å²) in [5, 5.41) is 11.3. The number of ether oxygens (including phenoxy) is 2. The van der Waals surface area contributed by atoms with E-state index in [0.717, 1.165) is 19.0 Å². The van der Waals surface area contributed by atoms with Crippen LogP contribution in [0.1, 0.15) is 24.6 Å². The fourth-order valence-corrected chi connectivity index (χ4v) is 1.42. The minimum Gasteiger partial charge on any atom is -0.423 e. The summed E-state index contributed by atoms with van der Waals surface area (Å²) in [5.41, 5.74) is 0. The van der Waals surface area contributed by atoms with Crippen LogP contribution < -0.4 is 5.32 Å². The van der Waals surface area contributed by atoms with Gasteiger partial charge in [-0.25, -0.2) is 0 Å². The van der Waals surface area contributed by atoms with Crippen LogP contribution in [0.25, 0.3) is 0 Å². The summed E-state index contributed by atoms with van der Waals surface area (Å²) < 4.78 is 15.6. The van der Waals surface area contributed by atoms with E-state index in [4.69, 9.17) is 13.9 Å². The fraction of sp³-hybridized carbons (Fsp3) is 0.818. The molecule has 1 N–H and O–H groups in total. The molecule has 6 nitrogen and oxygen atoms in total. The lowest BCUT2D eigenvalue weighted by molar-refractivity contribution is 0.0513. The lowest BCUT2D eigenvalue weighted by atomic mass is 10.4. The van der Waals surface area contributed by atoms with Crippen LogP contribution in [0, 0.1) is 0 Å². The number of aromatic nitrogens is 2. The predicted molar refractivity (Wildman–Crippen MR) is 60.6 cm³/mol. The summed E-state index contributed by atoms with van der Waals surface area (Å²) >= 11 is 0. The van der Waals surface area contributed by atoms with Crippen molar-refractivity contribution in [3.05, 3.63) is 11.8 Å². The lowest BCUT2D eigenvalue weighted by Gasteiger charge is -1.99. The van der Waals surface area contributed by atoms with E-state index in [-0.39, 0.29) is 0 Å². The van der Waals surface area contributed by atoms with Gasteiger partial charge < -0.3 is 19.2 Å². The van der Waals surface area contributed by atoms with Gasteiger partial charge >= 0.3 is 0 Å².